The maximum Gasteiger partial charge on any atom is 0.124 e. The zero-order chi connectivity index (χ0) is 13.0. The molecule has 2 aromatic rings. The van der Waals surface area contributed by atoms with Crippen molar-refractivity contribution in [2.75, 3.05) is 0 Å². The second-order valence-corrected chi connectivity index (χ2v) is 4.93. The van der Waals surface area contributed by atoms with Gasteiger partial charge in [0.25, 0.3) is 0 Å². The van der Waals surface area contributed by atoms with E-state index in [-0.39, 0.29) is 0 Å². The van der Waals surface area contributed by atoms with E-state index in [2.05, 4.69) is 22.0 Å². The van der Waals surface area contributed by atoms with Crippen LogP contribution in [0.1, 0.15) is 16.7 Å². The number of rotatable bonds is 3. The van der Waals surface area contributed by atoms with Gasteiger partial charge >= 0.3 is 0 Å². The van der Waals surface area contributed by atoms with Crippen molar-refractivity contribution in [2.24, 2.45) is 0 Å². The average molecular weight is 302 g/mol. The van der Waals surface area contributed by atoms with Crippen molar-refractivity contribution in [3.8, 4) is 11.8 Å². The lowest BCUT2D eigenvalue weighted by Crippen LogP contribution is -1.97. The smallest absolute Gasteiger partial charge is 0.124 e. The summed E-state index contributed by atoms with van der Waals surface area (Å²) in [4.78, 5) is 0. The van der Waals surface area contributed by atoms with Gasteiger partial charge in [0, 0.05) is 4.47 Å². The van der Waals surface area contributed by atoms with Crippen LogP contribution in [-0.4, -0.2) is 0 Å². The topological polar surface area (TPSA) is 33.0 Å². The molecule has 0 aliphatic carbocycles. The minimum atomic E-state index is 0.495. The molecule has 2 aromatic carbocycles. The van der Waals surface area contributed by atoms with Crippen molar-refractivity contribution in [3.05, 3.63) is 63.6 Å². The van der Waals surface area contributed by atoms with E-state index in [4.69, 9.17) is 10.00 Å². The van der Waals surface area contributed by atoms with Crippen LogP contribution in [0.25, 0.3) is 0 Å². The first-order valence-corrected chi connectivity index (χ1v) is 6.36. The third-order valence-electron chi connectivity index (χ3n) is 2.60. The van der Waals surface area contributed by atoms with Gasteiger partial charge < -0.3 is 4.74 Å². The lowest BCUT2D eigenvalue weighted by Gasteiger charge is -2.09. The molecule has 0 amide bonds. The fourth-order valence-corrected chi connectivity index (χ4v) is 2.06. The van der Waals surface area contributed by atoms with Crippen LogP contribution < -0.4 is 4.74 Å². The van der Waals surface area contributed by atoms with Crippen LogP contribution in [0.5, 0.6) is 5.75 Å². The summed E-state index contributed by atoms with van der Waals surface area (Å²) < 4.78 is 6.78. The first-order valence-electron chi connectivity index (χ1n) is 5.57. The van der Waals surface area contributed by atoms with Gasteiger partial charge in [0.15, 0.2) is 0 Å². The molecule has 0 aliphatic rings. The third kappa shape index (κ3) is 3.12. The van der Waals surface area contributed by atoms with Crippen molar-refractivity contribution < 1.29 is 4.74 Å². The molecule has 0 spiro atoms. The number of benzene rings is 2. The average Bonchev–Trinajstić information content (AvgIpc) is 2.38. The Balaban J connectivity index is 2.13. The molecule has 2 rings (SSSR count). The van der Waals surface area contributed by atoms with Crippen LogP contribution in [0.2, 0.25) is 0 Å². The van der Waals surface area contributed by atoms with Gasteiger partial charge in [0.1, 0.15) is 12.4 Å². The van der Waals surface area contributed by atoms with Crippen molar-refractivity contribution in [2.45, 2.75) is 13.5 Å². The Morgan fingerprint density at radius 2 is 2.06 bits per heavy atom. The van der Waals surface area contributed by atoms with E-state index in [1.54, 1.807) is 12.1 Å². The Bertz CT molecular complexity index is 602. The molecule has 0 fully saturated rings. The maximum atomic E-state index is 8.86. The van der Waals surface area contributed by atoms with Crippen LogP contribution >= 0.6 is 15.9 Å². The molecule has 0 saturated carbocycles. The molecule has 0 radical (unpaired) electrons. The predicted octanol–water partition coefficient (Wildman–Crippen LogP) is 4.21. The summed E-state index contributed by atoms with van der Waals surface area (Å²) in [5.74, 6) is 0.758. The Hall–Kier alpha value is -1.79. The van der Waals surface area contributed by atoms with Gasteiger partial charge in [-0.2, -0.15) is 5.26 Å². The van der Waals surface area contributed by atoms with Gasteiger partial charge in [-0.15, -0.1) is 0 Å². The standard InChI is InChI=1S/C15H12BrNO/c1-11-5-6-12(9-17)8-15(11)18-10-13-3-2-4-14(16)7-13/h2-8H,10H2,1H3. The zero-order valence-electron chi connectivity index (χ0n) is 9.98. The second-order valence-electron chi connectivity index (χ2n) is 4.01. The Morgan fingerprint density at radius 1 is 1.22 bits per heavy atom. The number of aryl methyl sites for hydroxylation is 1. The molecule has 0 atom stereocenters. The van der Waals surface area contributed by atoms with Gasteiger partial charge in [-0.25, -0.2) is 0 Å². The molecule has 3 heteroatoms. The second kappa shape index (κ2) is 5.70. The number of halogens is 1. The summed E-state index contributed by atoms with van der Waals surface area (Å²) in [6.45, 7) is 2.46. The normalized spacial score (nSPS) is 9.83. The summed E-state index contributed by atoms with van der Waals surface area (Å²) in [5, 5.41) is 8.86. The molecule has 0 saturated heterocycles. The molecule has 0 aliphatic heterocycles. The molecular weight excluding hydrogens is 290 g/mol. The highest BCUT2D eigenvalue weighted by Gasteiger charge is 2.02. The molecule has 18 heavy (non-hydrogen) atoms. The van der Waals surface area contributed by atoms with Crippen molar-refractivity contribution in [3.63, 3.8) is 0 Å². The lowest BCUT2D eigenvalue weighted by molar-refractivity contribution is 0.304. The van der Waals surface area contributed by atoms with Crippen LogP contribution in [0, 0.1) is 18.3 Å². The van der Waals surface area contributed by atoms with E-state index in [1.807, 2.05) is 37.3 Å². The third-order valence-corrected chi connectivity index (χ3v) is 3.09. The molecule has 0 bridgehead atoms. The van der Waals surface area contributed by atoms with E-state index in [0.29, 0.717) is 12.2 Å². The maximum absolute atomic E-state index is 8.86. The van der Waals surface area contributed by atoms with Gasteiger partial charge in [0.05, 0.1) is 11.6 Å². The van der Waals surface area contributed by atoms with E-state index >= 15 is 0 Å². The molecule has 0 N–H and O–H groups in total. The van der Waals surface area contributed by atoms with Crippen molar-refractivity contribution >= 4 is 15.9 Å². The quantitative estimate of drug-likeness (QED) is 0.851. The van der Waals surface area contributed by atoms with Gasteiger partial charge in [-0.1, -0.05) is 34.1 Å². The Labute approximate surface area is 115 Å². The number of ether oxygens (including phenoxy) is 1. The first-order chi connectivity index (χ1) is 8.69. The number of hydrogen-bond donors (Lipinski definition) is 0. The SMILES string of the molecule is Cc1ccc(C#N)cc1OCc1cccc(Br)c1. The Morgan fingerprint density at radius 3 is 2.78 bits per heavy atom. The van der Waals surface area contributed by atoms with Gasteiger partial charge in [-0.3, -0.25) is 0 Å². The fraction of sp³-hybridized carbons (Fsp3) is 0.133. The highest BCUT2D eigenvalue weighted by molar-refractivity contribution is 9.10. The monoisotopic (exact) mass is 301 g/mol. The Kier molecular flexibility index (Phi) is 4.01. The van der Waals surface area contributed by atoms with Crippen LogP contribution in [0.3, 0.4) is 0 Å². The molecule has 90 valence electrons. The minimum Gasteiger partial charge on any atom is -0.489 e. The van der Waals surface area contributed by atoms with Crippen molar-refractivity contribution in [1.82, 2.24) is 0 Å². The van der Waals surface area contributed by atoms with E-state index in [0.717, 1.165) is 21.3 Å². The predicted molar refractivity (Wildman–Crippen MR) is 74.4 cm³/mol. The fourth-order valence-electron chi connectivity index (χ4n) is 1.61. The lowest BCUT2D eigenvalue weighted by atomic mass is 10.1. The summed E-state index contributed by atoms with van der Waals surface area (Å²) in [7, 11) is 0. The summed E-state index contributed by atoms with van der Waals surface area (Å²) in [5.41, 5.74) is 2.74. The minimum absolute atomic E-state index is 0.495. The summed E-state index contributed by atoms with van der Waals surface area (Å²) in [6, 6.07) is 15.6. The zero-order valence-corrected chi connectivity index (χ0v) is 11.6. The van der Waals surface area contributed by atoms with E-state index < -0.39 is 0 Å². The van der Waals surface area contributed by atoms with Crippen LogP contribution in [0.15, 0.2) is 46.9 Å². The highest BCUT2D eigenvalue weighted by Crippen LogP contribution is 2.21. The summed E-state index contributed by atoms with van der Waals surface area (Å²) in [6.07, 6.45) is 0. The number of nitrogens with zero attached hydrogens (tertiary/aromatic N) is 1. The van der Waals surface area contributed by atoms with Gasteiger partial charge in [0.2, 0.25) is 0 Å². The molecule has 0 heterocycles. The number of hydrogen-bond acceptors (Lipinski definition) is 2. The van der Waals surface area contributed by atoms with E-state index in [9.17, 15) is 0 Å². The van der Waals surface area contributed by atoms with Crippen LogP contribution in [-0.2, 0) is 6.61 Å². The molecule has 2 nitrogen and oxygen atoms in total. The largest absolute Gasteiger partial charge is 0.489 e. The highest BCUT2D eigenvalue weighted by atomic mass is 79.9. The van der Waals surface area contributed by atoms with Gasteiger partial charge in [-0.05, 0) is 42.3 Å². The summed E-state index contributed by atoms with van der Waals surface area (Å²) >= 11 is 3.43. The number of nitriles is 1. The molecule has 0 unspecified atom stereocenters. The van der Waals surface area contributed by atoms with Crippen LogP contribution in [0.4, 0.5) is 0 Å². The first kappa shape index (κ1) is 12.7. The van der Waals surface area contributed by atoms with Crippen molar-refractivity contribution in [1.29, 1.82) is 5.26 Å². The molecule has 0 aromatic heterocycles. The molecular formula is C15H12BrNO. The van der Waals surface area contributed by atoms with E-state index in [1.165, 1.54) is 0 Å².